The van der Waals surface area contributed by atoms with E-state index in [2.05, 4.69) is 14.2 Å². The number of benzene rings is 1. The summed E-state index contributed by atoms with van der Waals surface area (Å²) in [5.74, 6) is -194. The highest BCUT2D eigenvalue weighted by Gasteiger charge is 2.98. The number of hydrogen-bond donors (Lipinski definition) is 0. The van der Waals surface area contributed by atoms with E-state index in [1.165, 1.54) is 0 Å². The van der Waals surface area contributed by atoms with Crippen LogP contribution in [0.5, 0.6) is 0 Å². The van der Waals surface area contributed by atoms with Gasteiger partial charge in [0.15, 0.2) is 0 Å². The number of ether oxygens (including phenoxy) is 3. The Morgan fingerprint density at radius 2 is 0.312 bits per heavy atom. The lowest BCUT2D eigenvalue weighted by Gasteiger charge is -2.42. The molecule has 96 heavy (non-hydrogen) atoms. The Hall–Kier alpha value is -5.94. The Morgan fingerprint density at radius 3 is 0.438 bits per heavy atom. The van der Waals surface area contributed by atoms with Crippen molar-refractivity contribution in [3.05, 3.63) is 34.9 Å². The van der Waals surface area contributed by atoms with Crippen molar-refractivity contribution in [1.82, 2.24) is 0 Å². The maximum Gasteiger partial charge on any atom is 0.460 e. The highest BCUT2D eigenvalue weighted by Crippen LogP contribution is 2.68. The van der Waals surface area contributed by atoms with Crippen LogP contribution in [-0.4, -0.2) is 181 Å². The Bertz CT molecular complexity index is 2640. The van der Waals surface area contributed by atoms with Gasteiger partial charge in [0.05, 0.1) is 55.8 Å². The van der Waals surface area contributed by atoms with E-state index >= 15 is 0 Å². The zero-order valence-electron chi connectivity index (χ0n) is 42.7. The number of alkyl halides is 51. The summed E-state index contributed by atoms with van der Waals surface area (Å²) in [7, 11) is 0. The largest absolute Gasteiger partial charge is 0.462 e. The van der Waals surface area contributed by atoms with E-state index < -0.39 is 235 Å². The molecule has 0 fully saturated rings. The minimum atomic E-state index is -9.29. The van der Waals surface area contributed by atoms with Gasteiger partial charge in [-0.3, -0.25) is 0 Å². The van der Waals surface area contributed by atoms with Crippen LogP contribution in [0.2, 0.25) is 0 Å². The van der Waals surface area contributed by atoms with Crippen LogP contribution < -0.4 is 0 Å². The van der Waals surface area contributed by atoms with Crippen LogP contribution in [0.15, 0.2) is 18.2 Å². The van der Waals surface area contributed by atoms with E-state index in [1.807, 2.05) is 0 Å². The van der Waals surface area contributed by atoms with Gasteiger partial charge in [0, 0.05) is 0 Å². The van der Waals surface area contributed by atoms with Crippen LogP contribution in [0.1, 0.15) is 50.3 Å². The molecule has 0 heterocycles. The van der Waals surface area contributed by atoms with Gasteiger partial charge in [-0.2, -0.15) is 224 Å². The molecular weight excluding hydrogens is 1530 g/mol. The second kappa shape index (κ2) is 24.5. The van der Waals surface area contributed by atoms with E-state index in [-0.39, 0.29) is 0 Å². The number of halogens is 51. The molecule has 0 aliphatic heterocycles. The molecule has 0 aromatic heterocycles. The van der Waals surface area contributed by atoms with Crippen molar-refractivity contribution in [2.75, 3.05) is 19.8 Å². The molecule has 0 radical (unpaired) electrons. The lowest BCUT2D eigenvalue weighted by molar-refractivity contribution is -0.461. The fourth-order valence-corrected chi connectivity index (χ4v) is 6.11. The number of esters is 3. The fourth-order valence-electron chi connectivity index (χ4n) is 6.11. The summed E-state index contributed by atoms with van der Waals surface area (Å²) in [5, 5.41) is 0. The number of carbonyl (C=O) groups excluding carboxylic acids is 3. The molecule has 0 bridgehead atoms. The number of rotatable bonds is 30. The monoisotopic (exact) mass is 1550 g/mol. The average molecular weight is 1550 g/mol. The average Bonchev–Trinajstić information content (AvgIpc) is 0.708. The van der Waals surface area contributed by atoms with Gasteiger partial charge in [-0.25, -0.2) is 14.4 Å². The molecule has 6 nitrogen and oxygen atoms in total. The zero-order chi connectivity index (χ0) is 77.9. The third-order valence-corrected chi connectivity index (χ3v) is 11.9. The Kier molecular flexibility index (Phi) is 22.4. The van der Waals surface area contributed by atoms with E-state index in [4.69, 9.17) is 0 Å². The summed E-state index contributed by atoms with van der Waals surface area (Å²) in [6.45, 7) is -9.46. The number of carbonyl (C=O) groups is 3. The molecule has 1 aromatic rings. The van der Waals surface area contributed by atoms with Crippen LogP contribution in [0, 0.1) is 0 Å². The normalized spacial score (nSPS) is 16.0. The van der Waals surface area contributed by atoms with Crippen molar-refractivity contribution in [2.45, 2.75) is 162 Å². The van der Waals surface area contributed by atoms with Crippen LogP contribution in [0.4, 0.5) is 224 Å². The third kappa shape index (κ3) is 12.8. The SMILES string of the molecule is O=C(OCCC(F)(F)C(F)(F)C(F)(F)C(F)(F)C(F)(F)C(F)(F)C(F)(F)C(F)(F)F)c1cc(C(=O)OCCC(F)(F)C(F)(F)C(F)(F)C(F)(F)C(F)(F)C(F)(F)C(F)(F)C(F)(F)F)cc(C(=O)OCCC(F)(F)C(F)(F)C(F)(F)C(F)(F)C(F)(F)C(F)(F)C(F)(F)C(F)(F)F)c1. The lowest BCUT2D eigenvalue weighted by Crippen LogP contribution is -2.74. The van der Waals surface area contributed by atoms with Gasteiger partial charge in [-0.1, -0.05) is 0 Å². The van der Waals surface area contributed by atoms with E-state index in [1.54, 1.807) is 0 Å². The standard InChI is InChI=1S/C39H15F51O6/c40-16(41,19(46,47)22(52,53)25(58,59)28(64,65)31(70,71)34(76,77)37(82,83)84)1-4-94-13(91)10-7-11(14(92)95-5-2-17(42,43)20(48,49)23(54,55)26(60,61)29(66,67)32(72,73)35(78,79)38(85,86)87)9-12(8-10)15(93)96-6-3-18(44,45)21(50,51)24(56,57)27(62,63)30(68,69)33(74,75)36(80,81)39(88,89)90/h7-9H,1-6H2. The van der Waals surface area contributed by atoms with Crippen molar-refractivity contribution in [1.29, 1.82) is 0 Å². The highest BCUT2D eigenvalue weighted by molar-refractivity contribution is 6.00. The maximum atomic E-state index is 14.4. The fraction of sp³-hybridized carbons (Fsp3) is 0.769. The van der Waals surface area contributed by atoms with Crippen molar-refractivity contribution in [3.8, 4) is 0 Å². The molecule has 0 saturated carbocycles. The van der Waals surface area contributed by atoms with Gasteiger partial charge in [0.1, 0.15) is 0 Å². The van der Waals surface area contributed by atoms with Crippen molar-refractivity contribution in [2.24, 2.45) is 0 Å². The summed E-state index contributed by atoms with van der Waals surface area (Å²) < 4.78 is 706. The smallest absolute Gasteiger partial charge is 0.460 e. The lowest BCUT2D eigenvalue weighted by atomic mass is 9.88. The predicted molar refractivity (Wildman–Crippen MR) is 193 cm³/mol. The summed E-state index contributed by atoms with van der Waals surface area (Å²) in [6.07, 6.45) is -36.3. The van der Waals surface area contributed by atoms with Crippen LogP contribution in [0.25, 0.3) is 0 Å². The molecule has 57 heteroatoms. The quantitative estimate of drug-likeness (QED) is 0.0434. The molecule has 0 unspecified atom stereocenters. The summed E-state index contributed by atoms with van der Waals surface area (Å²) in [5.41, 5.74) is -7.05. The maximum absolute atomic E-state index is 14.4. The van der Waals surface area contributed by atoms with Gasteiger partial charge in [0.25, 0.3) is 0 Å². The first-order chi connectivity index (χ1) is 41.2. The van der Waals surface area contributed by atoms with Gasteiger partial charge in [-0.05, 0) is 18.2 Å². The molecule has 0 N–H and O–H groups in total. The van der Waals surface area contributed by atoms with Crippen molar-refractivity contribution >= 4 is 17.9 Å². The van der Waals surface area contributed by atoms with Crippen molar-refractivity contribution < 1.29 is 253 Å². The van der Waals surface area contributed by atoms with Crippen LogP contribution in [-0.2, 0) is 14.2 Å². The van der Waals surface area contributed by atoms with Gasteiger partial charge >= 0.3 is 161 Å². The molecule has 0 aliphatic rings. The van der Waals surface area contributed by atoms with Crippen molar-refractivity contribution in [3.63, 3.8) is 0 Å². The van der Waals surface area contributed by atoms with Crippen LogP contribution >= 0.6 is 0 Å². The van der Waals surface area contributed by atoms with Crippen LogP contribution in [0.3, 0.4) is 0 Å². The van der Waals surface area contributed by atoms with E-state index in [9.17, 15) is 238 Å². The third-order valence-electron chi connectivity index (χ3n) is 11.9. The first kappa shape index (κ1) is 88.1. The first-order valence-corrected chi connectivity index (χ1v) is 22.0. The van der Waals surface area contributed by atoms with Gasteiger partial charge in [-0.15, -0.1) is 0 Å². The highest BCUT2D eigenvalue weighted by atomic mass is 19.5. The second-order valence-corrected chi connectivity index (χ2v) is 18.4. The summed E-state index contributed by atoms with van der Waals surface area (Å²) in [4.78, 5) is 37.9. The molecule has 1 rings (SSSR count). The second-order valence-electron chi connectivity index (χ2n) is 18.4. The number of hydrogen-bond acceptors (Lipinski definition) is 6. The predicted octanol–water partition coefficient (Wildman–Crippen LogP) is 18.4. The summed E-state index contributed by atoms with van der Waals surface area (Å²) in [6, 6.07) is -2.28. The molecule has 0 spiro atoms. The molecule has 0 aliphatic carbocycles. The topological polar surface area (TPSA) is 78.9 Å². The van der Waals surface area contributed by atoms with E-state index in [0.29, 0.717) is 0 Å². The summed E-state index contributed by atoms with van der Waals surface area (Å²) >= 11 is 0. The Morgan fingerprint density at radius 1 is 0.198 bits per heavy atom. The molecule has 0 amide bonds. The Labute approximate surface area is 488 Å². The van der Waals surface area contributed by atoms with E-state index in [0.717, 1.165) is 0 Å². The molecule has 1 aromatic carbocycles. The van der Waals surface area contributed by atoms with Gasteiger partial charge in [0.2, 0.25) is 0 Å². The van der Waals surface area contributed by atoms with Gasteiger partial charge < -0.3 is 14.2 Å². The molecule has 0 atom stereocenters. The molecule has 0 saturated heterocycles. The minimum absolute atomic E-state index is 0.761. The minimum Gasteiger partial charge on any atom is -0.462 e. The first-order valence-electron chi connectivity index (χ1n) is 22.0. The molecule has 564 valence electrons. The zero-order valence-corrected chi connectivity index (χ0v) is 42.7. The molecular formula is C39H15F51O6. The Balaban J connectivity index is 4.01.